The zero-order chi connectivity index (χ0) is 13.1. The highest BCUT2D eigenvalue weighted by molar-refractivity contribution is 8.13. The van der Waals surface area contributed by atoms with E-state index in [1.807, 2.05) is 13.3 Å². The fourth-order valence-corrected chi connectivity index (χ4v) is 2.77. The summed E-state index contributed by atoms with van der Waals surface area (Å²) < 4.78 is 0. The van der Waals surface area contributed by atoms with E-state index in [1.165, 1.54) is 0 Å². The lowest BCUT2D eigenvalue weighted by Crippen LogP contribution is -2.36. The zero-order valence-corrected chi connectivity index (χ0v) is 11.5. The van der Waals surface area contributed by atoms with Crippen molar-refractivity contribution in [3.05, 3.63) is 29.8 Å². The highest BCUT2D eigenvalue weighted by atomic mass is 32.4. The summed E-state index contributed by atoms with van der Waals surface area (Å²) in [6.45, 7) is 3.71. The van der Waals surface area contributed by atoms with E-state index < -0.39 is 18.2 Å². The number of carboxylic acid groups (broad SMARTS) is 1. The van der Waals surface area contributed by atoms with Crippen molar-refractivity contribution in [2.75, 3.05) is 13.3 Å². The van der Waals surface area contributed by atoms with Crippen LogP contribution in [0.2, 0.25) is 0 Å². The lowest BCUT2D eigenvalue weighted by molar-refractivity contribution is -0.138. The van der Waals surface area contributed by atoms with E-state index in [4.69, 9.17) is 22.0 Å². The molecule has 0 aliphatic rings. The van der Waals surface area contributed by atoms with Gasteiger partial charge in [-0.15, -0.1) is 0 Å². The van der Waals surface area contributed by atoms with E-state index in [-0.39, 0.29) is 5.75 Å². The van der Waals surface area contributed by atoms with Crippen molar-refractivity contribution in [3.63, 3.8) is 0 Å². The average Bonchev–Trinajstić information content (AvgIpc) is 2.18. The molecule has 4 nitrogen and oxygen atoms in total. The van der Waals surface area contributed by atoms with E-state index in [0.29, 0.717) is 6.42 Å². The number of carbonyl (C=O) groups is 1. The molecule has 0 aliphatic heterocycles. The third-order valence-corrected chi connectivity index (χ3v) is 3.39. The Morgan fingerprint density at radius 1 is 1.41 bits per heavy atom. The number of phenolic OH excluding ortho intramolecular Hbond substituents is 1. The number of hydrogen-bond donors (Lipinski definition) is 3. The third-order valence-electron chi connectivity index (χ3n) is 2.14. The molecule has 0 amide bonds. The van der Waals surface area contributed by atoms with E-state index >= 15 is 0 Å². The van der Waals surface area contributed by atoms with Gasteiger partial charge in [0.25, 0.3) is 0 Å². The van der Waals surface area contributed by atoms with Gasteiger partial charge < -0.3 is 10.2 Å². The number of benzene rings is 1. The minimum absolute atomic E-state index is 0.171. The maximum absolute atomic E-state index is 11.1. The smallest absolute Gasteiger partial charge is 0.321 e. The lowest BCUT2D eigenvalue weighted by atomic mass is 10.1. The predicted octanol–water partition coefficient (Wildman–Crippen LogP) is 1.63. The molecule has 0 radical (unpaired) electrons. The standard InChI is InChI=1S/C11H16NO3PS/c1-16(2,17)12-10(11(14)15)7-8-3-5-9(13)6-4-8/h3-6,10,13H,7H2,1-2H3,(H,12,17)(H,14,15)/t10-/m0/s1. The first-order valence-electron chi connectivity index (χ1n) is 5.11. The van der Waals surface area contributed by atoms with Crippen LogP contribution in [0.3, 0.4) is 0 Å². The van der Waals surface area contributed by atoms with Gasteiger partial charge in [-0.3, -0.25) is 9.88 Å². The number of aromatic hydroxyl groups is 1. The molecule has 0 spiro atoms. The summed E-state index contributed by atoms with van der Waals surface area (Å²) in [5, 5.41) is 21.2. The Kier molecular flexibility index (Phi) is 4.69. The fourth-order valence-electron chi connectivity index (χ4n) is 1.43. The molecule has 0 aliphatic carbocycles. The molecule has 0 unspecified atom stereocenters. The predicted molar refractivity (Wildman–Crippen MR) is 72.5 cm³/mol. The first-order chi connectivity index (χ1) is 7.78. The fraction of sp³-hybridized carbons (Fsp3) is 0.364. The molecule has 1 atom stereocenters. The second kappa shape index (κ2) is 5.63. The number of phenols is 1. The van der Waals surface area contributed by atoms with Gasteiger partial charge in [0.1, 0.15) is 11.8 Å². The summed E-state index contributed by atoms with van der Waals surface area (Å²) in [6.07, 6.45) is -1.41. The Hall–Kier alpha value is -0.900. The summed E-state index contributed by atoms with van der Waals surface area (Å²) in [5.74, 6) is -0.735. The minimum Gasteiger partial charge on any atom is -0.508 e. The Bertz CT molecular complexity index is 441. The van der Waals surface area contributed by atoms with E-state index in [0.717, 1.165) is 5.56 Å². The first kappa shape index (κ1) is 14.2. The van der Waals surface area contributed by atoms with Crippen LogP contribution in [0.15, 0.2) is 24.3 Å². The number of nitrogens with one attached hydrogen (secondary N) is 1. The molecule has 0 saturated heterocycles. The molecule has 6 heteroatoms. The summed E-state index contributed by atoms with van der Waals surface area (Å²) >= 11 is 5.21. The molecule has 1 aromatic rings. The van der Waals surface area contributed by atoms with Gasteiger partial charge >= 0.3 is 5.97 Å². The number of rotatable bonds is 5. The molecule has 17 heavy (non-hydrogen) atoms. The molecule has 0 aromatic heterocycles. The van der Waals surface area contributed by atoms with Gasteiger partial charge in [-0.1, -0.05) is 23.9 Å². The number of aliphatic carboxylic acids is 1. The summed E-state index contributed by atoms with van der Waals surface area (Å²) in [5.41, 5.74) is 0.853. The lowest BCUT2D eigenvalue weighted by Gasteiger charge is -2.20. The van der Waals surface area contributed by atoms with Gasteiger partial charge in [0.2, 0.25) is 0 Å². The zero-order valence-electron chi connectivity index (χ0n) is 9.75. The highest BCUT2D eigenvalue weighted by Crippen LogP contribution is 2.31. The molecule has 0 heterocycles. The Balaban J connectivity index is 2.77. The van der Waals surface area contributed by atoms with Crippen LogP contribution in [0.5, 0.6) is 5.75 Å². The maximum atomic E-state index is 11.1. The SMILES string of the molecule is CP(C)(=S)N[C@@H](Cc1ccc(O)cc1)C(=O)O. The number of carboxylic acids is 1. The van der Waals surface area contributed by atoms with Crippen LogP contribution in [0.25, 0.3) is 0 Å². The molecule has 1 aromatic carbocycles. The van der Waals surface area contributed by atoms with Crippen molar-refractivity contribution < 1.29 is 15.0 Å². The van der Waals surface area contributed by atoms with Crippen molar-refractivity contribution in [1.29, 1.82) is 0 Å². The van der Waals surface area contributed by atoms with Crippen LogP contribution in [-0.4, -0.2) is 35.6 Å². The van der Waals surface area contributed by atoms with Crippen LogP contribution in [0.1, 0.15) is 5.56 Å². The van der Waals surface area contributed by atoms with E-state index in [2.05, 4.69) is 5.09 Å². The van der Waals surface area contributed by atoms with Gasteiger partial charge in [-0.25, -0.2) is 0 Å². The number of hydrogen-bond acceptors (Lipinski definition) is 3. The Morgan fingerprint density at radius 3 is 2.35 bits per heavy atom. The van der Waals surface area contributed by atoms with Gasteiger partial charge in [0.15, 0.2) is 0 Å². The monoisotopic (exact) mass is 273 g/mol. The second-order valence-corrected chi connectivity index (χ2v) is 9.94. The van der Waals surface area contributed by atoms with Crippen molar-refractivity contribution in [2.45, 2.75) is 12.5 Å². The summed E-state index contributed by atoms with van der Waals surface area (Å²) in [6, 6.07) is 5.83. The van der Waals surface area contributed by atoms with Crippen molar-refractivity contribution in [3.8, 4) is 5.75 Å². The highest BCUT2D eigenvalue weighted by Gasteiger charge is 2.20. The Labute approximate surface area is 106 Å². The van der Waals surface area contributed by atoms with Gasteiger partial charge in [-0.2, -0.15) is 0 Å². The van der Waals surface area contributed by atoms with Crippen molar-refractivity contribution in [2.24, 2.45) is 0 Å². The summed E-state index contributed by atoms with van der Waals surface area (Å²) in [4.78, 5) is 11.1. The van der Waals surface area contributed by atoms with Crippen LogP contribution in [0, 0.1) is 0 Å². The Morgan fingerprint density at radius 2 is 1.94 bits per heavy atom. The molecular formula is C11H16NO3PS. The molecule has 3 N–H and O–H groups in total. The van der Waals surface area contributed by atoms with Gasteiger partial charge in [0, 0.05) is 6.19 Å². The van der Waals surface area contributed by atoms with Crippen molar-refractivity contribution in [1.82, 2.24) is 5.09 Å². The first-order valence-corrected chi connectivity index (χ1v) is 8.81. The second-order valence-electron chi connectivity index (χ2n) is 4.24. The van der Waals surface area contributed by atoms with E-state index in [9.17, 15) is 4.79 Å². The van der Waals surface area contributed by atoms with E-state index in [1.54, 1.807) is 24.3 Å². The van der Waals surface area contributed by atoms with Gasteiger partial charge in [0.05, 0.1) is 0 Å². The molecule has 94 valence electrons. The molecule has 0 saturated carbocycles. The van der Waals surface area contributed by atoms with Crippen LogP contribution in [-0.2, 0) is 23.0 Å². The van der Waals surface area contributed by atoms with Crippen LogP contribution < -0.4 is 5.09 Å². The van der Waals surface area contributed by atoms with Crippen LogP contribution >= 0.6 is 6.19 Å². The average molecular weight is 273 g/mol. The van der Waals surface area contributed by atoms with Crippen LogP contribution in [0.4, 0.5) is 0 Å². The normalized spacial score (nSPS) is 13.3. The molecule has 0 bridgehead atoms. The minimum atomic E-state index is -1.77. The summed E-state index contributed by atoms with van der Waals surface area (Å²) in [7, 11) is 0. The van der Waals surface area contributed by atoms with Crippen molar-refractivity contribution >= 4 is 24.0 Å². The molecular weight excluding hydrogens is 257 g/mol. The third kappa shape index (κ3) is 5.31. The largest absolute Gasteiger partial charge is 0.508 e. The molecule has 0 fully saturated rings. The quantitative estimate of drug-likeness (QED) is 0.711. The topological polar surface area (TPSA) is 69.6 Å². The maximum Gasteiger partial charge on any atom is 0.321 e. The van der Waals surface area contributed by atoms with Gasteiger partial charge in [-0.05, 0) is 37.4 Å². The molecule has 1 rings (SSSR count).